The van der Waals surface area contributed by atoms with Gasteiger partial charge in [0.25, 0.3) is 5.56 Å². The summed E-state index contributed by atoms with van der Waals surface area (Å²) in [5, 5.41) is 1.02. The molecule has 1 heterocycles. The van der Waals surface area contributed by atoms with Crippen molar-refractivity contribution in [3.8, 4) is 0 Å². The average molecular weight is 262 g/mol. The van der Waals surface area contributed by atoms with Gasteiger partial charge in [0.2, 0.25) is 0 Å². The molecular formula is C12H14N4OS. The second kappa shape index (κ2) is 4.73. The van der Waals surface area contributed by atoms with Crippen molar-refractivity contribution in [2.45, 2.75) is 6.92 Å². The van der Waals surface area contributed by atoms with E-state index in [9.17, 15) is 4.79 Å². The third kappa shape index (κ3) is 2.19. The SMILES string of the molecule is Cc1nc2ccccc2c(=O)n1NC(=S)N(C)C. The summed E-state index contributed by atoms with van der Waals surface area (Å²) in [4.78, 5) is 18.4. The predicted octanol–water partition coefficient (Wildman–Crippen LogP) is 1.09. The number of para-hydroxylation sites is 1. The third-order valence-corrected chi connectivity index (χ3v) is 3.01. The Morgan fingerprint density at radius 1 is 1.39 bits per heavy atom. The normalized spacial score (nSPS) is 10.4. The summed E-state index contributed by atoms with van der Waals surface area (Å²) in [5.41, 5.74) is 3.41. The van der Waals surface area contributed by atoms with Gasteiger partial charge in [-0.1, -0.05) is 12.1 Å². The molecule has 0 amide bonds. The molecule has 94 valence electrons. The highest BCUT2D eigenvalue weighted by Crippen LogP contribution is 2.06. The van der Waals surface area contributed by atoms with Crippen LogP contribution in [0.25, 0.3) is 10.9 Å². The number of nitrogens with one attached hydrogen (secondary N) is 1. The number of aromatic nitrogens is 2. The van der Waals surface area contributed by atoms with Gasteiger partial charge in [-0.05, 0) is 31.3 Å². The summed E-state index contributed by atoms with van der Waals surface area (Å²) < 4.78 is 1.37. The molecule has 0 saturated carbocycles. The molecule has 0 unspecified atom stereocenters. The molecule has 0 spiro atoms. The second-order valence-electron chi connectivity index (χ2n) is 4.13. The van der Waals surface area contributed by atoms with Gasteiger partial charge < -0.3 is 4.90 Å². The van der Waals surface area contributed by atoms with E-state index in [1.54, 1.807) is 17.9 Å². The Hall–Kier alpha value is -1.95. The fourth-order valence-electron chi connectivity index (χ4n) is 1.57. The Kier molecular flexibility index (Phi) is 3.29. The van der Waals surface area contributed by atoms with Crippen LogP contribution in [0, 0.1) is 6.92 Å². The zero-order chi connectivity index (χ0) is 13.3. The molecule has 1 aromatic heterocycles. The van der Waals surface area contributed by atoms with E-state index in [0.717, 1.165) is 0 Å². The van der Waals surface area contributed by atoms with Crippen molar-refractivity contribution in [1.29, 1.82) is 0 Å². The predicted molar refractivity (Wildman–Crippen MR) is 76.4 cm³/mol. The van der Waals surface area contributed by atoms with Gasteiger partial charge in [0.15, 0.2) is 5.11 Å². The van der Waals surface area contributed by atoms with Crippen LogP contribution in [0.2, 0.25) is 0 Å². The van der Waals surface area contributed by atoms with Gasteiger partial charge in [-0.3, -0.25) is 10.2 Å². The summed E-state index contributed by atoms with van der Waals surface area (Å²) in [6, 6.07) is 7.24. The summed E-state index contributed by atoms with van der Waals surface area (Å²) in [6.45, 7) is 1.76. The number of benzene rings is 1. The van der Waals surface area contributed by atoms with E-state index < -0.39 is 0 Å². The monoisotopic (exact) mass is 262 g/mol. The molecule has 2 rings (SSSR count). The largest absolute Gasteiger partial charge is 0.354 e. The summed E-state index contributed by atoms with van der Waals surface area (Å²) >= 11 is 5.13. The molecule has 0 radical (unpaired) electrons. The number of nitrogens with zero attached hydrogens (tertiary/aromatic N) is 3. The van der Waals surface area contributed by atoms with Crippen LogP contribution in [0.5, 0.6) is 0 Å². The van der Waals surface area contributed by atoms with Gasteiger partial charge in [-0.25, -0.2) is 9.66 Å². The first kappa shape index (κ1) is 12.5. The lowest BCUT2D eigenvalue weighted by atomic mass is 10.2. The average Bonchev–Trinajstić information content (AvgIpc) is 2.34. The van der Waals surface area contributed by atoms with Crippen molar-refractivity contribution >= 4 is 28.2 Å². The molecule has 0 saturated heterocycles. The molecule has 0 aliphatic carbocycles. The van der Waals surface area contributed by atoms with Gasteiger partial charge in [0.05, 0.1) is 10.9 Å². The summed E-state index contributed by atoms with van der Waals surface area (Å²) in [7, 11) is 3.62. The highest BCUT2D eigenvalue weighted by molar-refractivity contribution is 7.80. The zero-order valence-corrected chi connectivity index (χ0v) is 11.3. The fourth-order valence-corrected chi connectivity index (χ4v) is 1.66. The number of thiocarbonyl (C=S) groups is 1. The Balaban J connectivity index is 2.58. The molecule has 0 atom stereocenters. The van der Waals surface area contributed by atoms with Gasteiger partial charge in [0, 0.05) is 14.1 Å². The maximum atomic E-state index is 12.3. The maximum absolute atomic E-state index is 12.3. The number of rotatable bonds is 1. The molecule has 0 aliphatic heterocycles. The molecule has 1 aromatic carbocycles. The quantitative estimate of drug-likeness (QED) is 0.780. The fraction of sp³-hybridized carbons (Fsp3) is 0.250. The summed E-state index contributed by atoms with van der Waals surface area (Å²) in [5.74, 6) is 0.572. The van der Waals surface area contributed by atoms with Gasteiger partial charge in [-0.15, -0.1) is 0 Å². The number of hydrogen-bond acceptors (Lipinski definition) is 3. The Morgan fingerprint density at radius 2 is 2.06 bits per heavy atom. The molecule has 0 aliphatic rings. The Bertz CT molecular complexity index is 663. The van der Waals surface area contributed by atoms with Crippen molar-refractivity contribution in [3.63, 3.8) is 0 Å². The van der Waals surface area contributed by atoms with Gasteiger partial charge >= 0.3 is 0 Å². The zero-order valence-electron chi connectivity index (χ0n) is 10.5. The van der Waals surface area contributed by atoms with Crippen molar-refractivity contribution in [2.24, 2.45) is 0 Å². The third-order valence-electron chi connectivity index (χ3n) is 2.56. The smallest absolute Gasteiger partial charge is 0.280 e. The lowest BCUT2D eigenvalue weighted by Gasteiger charge is -2.18. The molecule has 6 heteroatoms. The van der Waals surface area contributed by atoms with E-state index in [-0.39, 0.29) is 5.56 Å². The van der Waals surface area contributed by atoms with Gasteiger partial charge in [-0.2, -0.15) is 0 Å². The van der Waals surface area contributed by atoms with Gasteiger partial charge in [0.1, 0.15) is 5.82 Å². The highest BCUT2D eigenvalue weighted by Gasteiger charge is 2.09. The Labute approximate surface area is 110 Å². The molecule has 18 heavy (non-hydrogen) atoms. The van der Waals surface area contributed by atoms with Crippen LogP contribution >= 0.6 is 12.2 Å². The van der Waals surface area contributed by atoms with Crippen LogP contribution in [0.3, 0.4) is 0 Å². The standard InChI is InChI=1S/C12H14N4OS/c1-8-13-10-7-5-4-6-9(10)11(17)16(8)14-12(18)15(2)3/h4-7H,1-3H3,(H,14,18). The van der Waals surface area contributed by atoms with Crippen LogP contribution in [-0.4, -0.2) is 33.8 Å². The van der Waals surface area contributed by atoms with Crippen LogP contribution in [0.15, 0.2) is 29.1 Å². The van der Waals surface area contributed by atoms with E-state index in [1.807, 2.05) is 32.3 Å². The van der Waals surface area contributed by atoms with Crippen molar-refractivity contribution in [1.82, 2.24) is 14.6 Å². The minimum Gasteiger partial charge on any atom is -0.354 e. The van der Waals surface area contributed by atoms with Crippen LogP contribution in [0.4, 0.5) is 0 Å². The minimum atomic E-state index is -0.151. The number of aryl methyl sites for hydroxylation is 1. The summed E-state index contributed by atoms with van der Waals surface area (Å²) in [6.07, 6.45) is 0. The molecule has 0 fully saturated rings. The molecule has 0 bridgehead atoms. The van der Waals surface area contributed by atoms with E-state index >= 15 is 0 Å². The minimum absolute atomic E-state index is 0.151. The lowest BCUT2D eigenvalue weighted by Crippen LogP contribution is -2.40. The first-order chi connectivity index (χ1) is 8.50. The van der Waals surface area contributed by atoms with Crippen molar-refractivity contribution < 1.29 is 0 Å². The molecule has 1 N–H and O–H groups in total. The van der Waals surface area contributed by atoms with E-state index in [0.29, 0.717) is 21.8 Å². The first-order valence-electron chi connectivity index (χ1n) is 5.47. The van der Waals surface area contributed by atoms with Crippen LogP contribution in [-0.2, 0) is 0 Å². The second-order valence-corrected chi connectivity index (χ2v) is 4.51. The van der Waals surface area contributed by atoms with Crippen molar-refractivity contribution in [2.75, 3.05) is 19.5 Å². The number of hydrogen-bond donors (Lipinski definition) is 1. The highest BCUT2D eigenvalue weighted by atomic mass is 32.1. The van der Waals surface area contributed by atoms with Crippen LogP contribution < -0.4 is 11.0 Å². The van der Waals surface area contributed by atoms with Crippen molar-refractivity contribution in [3.05, 3.63) is 40.4 Å². The Morgan fingerprint density at radius 3 is 2.72 bits per heavy atom. The maximum Gasteiger partial charge on any atom is 0.280 e. The molecular weight excluding hydrogens is 248 g/mol. The molecule has 2 aromatic rings. The molecule has 5 nitrogen and oxygen atoms in total. The van der Waals surface area contributed by atoms with E-state index in [4.69, 9.17) is 12.2 Å². The van der Waals surface area contributed by atoms with E-state index in [1.165, 1.54) is 4.68 Å². The topological polar surface area (TPSA) is 50.2 Å². The lowest BCUT2D eigenvalue weighted by molar-refractivity contribution is 0.619. The number of fused-ring (bicyclic) bond motifs is 1. The first-order valence-corrected chi connectivity index (χ1v) is 5.88. The van der Waals surface area contributed by atoms with Crippen LogP contribution in [0.1, 0.15) is 5.82 Å². The van der Waals surface area contributed by atoms with E-state index in [2.05, 4.69) is 10.4 Å².